The molecule has 0 bridgehead atoms. The number of halogens is 1. The molecule has 9 heteroatoms. The SMILES string of the molecule is CN(C)CCCCNC1C(F)CC2C(=O)C(C(=O)N3CCOCC3)=CN3C4CCC5CCCCC5C4OC1C23. The number of ketones is 1. The summed E-state index contributed by atoms with van der Waals surface area (Å²) in [6.45, 7) is 3.70. The van der Waals surface area contributed by atoms with Gasteiger partial charge in [0.2, 0.25) is 0 Å². The molecule has 3 heterocycles. The number of alkyl halides is 1. The lowest BCUT2D eigenvalue weighted by molar-refractivity contribution is -0.220. The number of morpholine rings is 2. The largest absolute Gasteiger partial charge is 0.378 e. The van der Waals surface area contributed by atoms with Crippen molar-refractivity contribution in [2.24, 2.45) is 17.8 Å². The zero-order valence-electron chi connectivity index (χ0n) is 23.7. The summed E-state index contributed by atoms with van der Waals surface area (Å²) in [6, 6.07) is -0.507. The molecule has 39 heavy (non-hydrogen) atoms. The van der Waals surface area contributed by atoms with Gasteiger partial charge in [-0.2, -0.15) is 0 Å². The number of Topliss-reactive ketones (excluding diaryl/α,β-unsaturated/α-hetero) is 1. The third-order valence-electron chi connectivity index (χ3n) is 10.4. The van der Waals surface area contributed by atoms with Gasteiger partial charge in [-0.1, -0.05) is 19.3 Å². The molecule has 0 spiro atoms. The van der Waals surface area contributed by atoms with Crippen LogP contribution in [0.15, 0.2) is 11.8 Å². The Kier molecular flexibility index (Phi) is 8.32. The molecule has 8 nitrogen and oxygen atoms in total. The lowest BCUT2D eigenvalue weighted by Gasteiger charge is -2.61. The Bertz CT molecular complexity index is 940. The van der Waals surface area contributed by atoms with E-state index >= 15 is 4.39 Å². The Labute approximate surface area is 232 Å². The number of hydrogen-bond acceptors (Lipinski definition) is 7. The van der Waals surface area contributed by atoms with Gasteiger partial charge in [-0.05, 0) is 77.5 Å². The molecule has 0 aromatic carbocycles. The maximum atomic E-state index is 16.0. The molecule has 5 fully saturated rings. The van der Waals surface area contributed by atoms with E-state index in [2.05, 4.69) is 29.2 Å². The van der Waals surface area contributed by atoms with Gasteiger partial charge in [0.1, 0.15) is 6.17 Å². The zero-order chi connectivity index (χ0) is 27.1. The monoisotopic (exact) mass is 546 g/mol. The minimum absolute atomic E-state index is 0.0264. The second-order valence-corrected chi connectivity index (χ2v) is 13.0. The van der Waals surface area contributed by atoms with E-state index in [0.29, 0.717) is 38.1 Å². The molecule has 0 aromatic rings. The van der Waals surface area contributed by atoms with Crippen molar-refractivity contribution in [2.75, 3.05) is 53.5 Å². The second kappa shape index (κ2) is 11.7. The summed E-state index contributed by atoms with van der Waals surface area (Å²) in [6.07, 6.45) is 9.59. The number of fused-ring (bicyclic) bond motifs is 4. The Hall–Kier alpha value is -1.55. The molecule has 3 saturated carbocycles. The maximum absolute atomic E-state index is 16.0. The first-order valence-electron chi connectivity index (χ1n) is 15.5. The molecule has 218 valence electrons. The number of nitrogens with zero attached hydrogens (tertiary/aromatic N) is 3. The first-order chi connectivity index (χ1) is 18.9. The van der Waals surface area contributed by atoms with Gasteiger partial charge in [0.15, 0.2) is 5.78 Å². The van der Waals surface area contributed by atoms with Crippen LogP contribution < -0.4 is 5.32 Å². The maximum Gasteiger partial charge on any atom is 0.259 e. The van der Waals surface area contributed by atoms with E-state index in [0.717, 1.165) is 38.8 Å². The van der Waals surface area contributed by atoms with Crippen LogP contribution in [0.2, 0.25) is 0 Å². The summed E-state index contributed by atoms with van der Waals surface area (Å²) < 4.78 is 28.4. The van der Waals surface area contributed by atoms with Gasteiger partial charge >= 0.3 is 0 Å². The zero-order valence-corrected chi connectivity index (χ0v) is 23.7. The van der Waals surface area contributed by atoms with Gasteiger partial charge in [0.05, 0.1) is 49.1 Å². The summed E-state index contributed by atoms with van der Waals surface area (Å²) in [5.74, 6) is 0.177. The fourth-order valence-corrected chi connectivity index (χ4v) is 8.51. The van der Waals surface area contributed by atoms with Crippen LogP contribution in [0.5, 0.6) is 0 Å². The summed E-state index contributed by atoms with van der Waals surface area (Å²) in [5.41, 5.74) is 0.241. The Balaban J connectivity index is 1.29. The highest BCUT2D eigenvalue weighted by atomic mass is 19.1. The summed E-state index contributed by atoms with van der Waals surface area (Å²) in [4.78, 5) is 33.7. The fourth-order valence-electron chi connectivity index (χ4n) is 8.51. The van der Waals surface area contributed by atoms with Crippen molar-refractivity contribution in [3.8, 4) is 0 Å². The summed E-state index contributed by atoms with van der Waals surface area (Å²) in [5, 5.41) is 3.54. The molecule has 1 N–H and O–H groups in total. The number of carbonyl (C=O) groups is 2. The summed E-state index contributed by atoms with van der Waals surface area (Å²) >= 11 is 0. The number of hydrogen-bond donors (Lipinski definition) is 1. The normalized spacial score (nSPS) is 40.1. The third-order valence-corrected chi connectivity index (χ3v) is 10.4. The van der Waals surface area contributed by atoms with Crippen molar-refractivity contribution in [2.45, 2.75) is 94.3 Å². The van der Waals surface area contributed by atoms with E-state index in [9.17, 15) is 9.59 Å². The van der Waals surface area contributed by atoms with Crippen LogP contribution in [-0.4, -0.2) is 116 Å². The van der Waals surface area contributed by atoms with E-state index in [1.165, 1.54) is 25.7 Å². The molecule has 2 saturated heterocycles. The number of nitrogens with one attached hydrogen (secondary N) is 1. The lowest BCUT2D eigenvalue weighted by atomic mass is 9.64. The quantitative estimate of drug-likeness (QED) is 0.388. The smallest absolute Gasteiger partial charge is 0.259 e. The van der Waals surface area contributed by atoms with Gasteiger partial charge in [0, 0.05) is 25.2 Å². The predicted molar refractivity (Wildman–Crippen MR) is 146 cm³/mol. The predicted octanol–water partition coefficient (Wildman–Crippen LogP) is 2.38. The Morgan fingerprint density at radius 1 is 1.10 bits per heavy atom. The number of unbranched alkanes of at least 4 members (excludes halogenated alkanes) is 1. The van der Waals surface area contributed by atoms with Crippen LogP contribution in [0.4, 0.5) is 4.39 Å². The molecular formula is C30H47FN4O4. The minimum Gasteiger partial charge on any atom is -0.378 e. The standard InChI is InChI=1S/C30H47FN4O4/c1-33(2)12-6-5-11-32-25-23(31)17-21-26-29(25)39-28-20-8-4-3-7-19(20)9-10-24(28)35(26)18-22(27(21)36)30(37)34-13-15-38-16-14-34/h18-21,23-26,28-29,32H,3-17H2,1-2H3. The average Bonchev–Trinajstić information content (AvgIpc) is 2.95. The van der Waals surface area contributed by atoms with E-state index < -0.39 is 24.2 Å². The Morgan fingerprint density at radius 2 is 1.90 bits per heavy atom. The first kappa shape index (κ1) is 27.6. The molecule has 9 atom stereocenters. The summed E-state index contributed by atoms with van der Waals surface area (Å²) in [7, 11) is 4.14. The van der Waals surface area contributed by atoms with E-state index in [1.54, 1.807) is 4.90 Å². The van der Waals surface area contributed by atoms with Gasteiger partial charge in [-0.25, -0.2) is 4.39 Å². The van der Waals surface area contributed by atoms with Gasteiger partial charge in [0.25, 0.3) is 5.91 Å². The highest BCUT2D eigenvalue weighted by Crippen LogP contribution is 2.50. The van der Waals surface area contributed by atoms with Crippen molar-refractivity contribution in [1.29, 1.82) is 0 Å². The highest BCUT2D eigenvalue weighted by Gasteiger charge is 2.60. The molecule has 1 amide bonds. The number of ether oxygens (including phenoxy) is 2. The second-order valence-electron chi connectivity index (χ2n) is 13.0. The number of carbonyl (C=O) groups excluding carboxylic acids is 2. The van der Waals surface area contributed by atoms with Crippen LogP contribution in [-0.2, 0) is 19.1 Å². The van der Waals surface area contributed by atoms with Crippen molar-refractivity contribution in [3.05, 3.63) is 11.8 Å². The van der Waals surface area contributed by atoms with Gasteiger partial charge in [-0.15, -0.1) is 0 Å². The van der Waals surface area contributed by atoms with Crippen LogP contribution in [0, 0.1) is 17.8 Å². The van der Waals surface area contributed by atoms with Crippen LogP contribution in [0.3, 0.4) is 0 Å². The molecule has 3 aliphatic heterocycles. The average molecular weight is 547 g/mol. The van der Waals surface area contributed by atoms with Crippen molar-refractivity contribution in [1.82, 2.24) is 20.0 Å². The third kappa shape index (κ3) is 5.29. The molecule has 9 unspecified atom stereocenters. The highest BCUT2D eigenvalue weighted by molar-refractivity contribution is 6.20. The van der Waals surface area contributed by atoms with Gasteiger partial charge < -0.3 is 29.5 Å². The van der Waals surface area contributed by atoms with E-state index in [4.69, 9.17) is 9.47 Å². The Morgan fingerprint density at radius 3 is 2.69 bits per heavy atom. The van der Waals surface area contributed by atoms with Crippen molar-refractivity contribution < 1.29 is 23.5 Å². The number of amides is 1. The molecular weight excluding hydrogens is 499 g/mol. The van der Waals surface area contributed by atoms with Crippen molar-refractivity contribution >= 4 is 11.7 Å². The van der Waals surface area contributed by atoms with Crippen molar-refractivity contribution in [3.63, 3.8) is 0 Å². The van der Waals surface area contributed by atoms with Crippen LogP contribution >= 0.6 is 0 Å². The van der Waals surface area contributed by atoms with E-state index in [1.807, 2.05) is 6.20 Å². The van der Waals surface area contributed by atoms with Gasteiger partial charge in [-0.3, -0.25) is 9.59 Å². The minimum atomic E-state index is -1.18. The van der Waals surface area contributed by atoms with E-state index in [-0.39, 0.29) is 41.9 Å². The fraction of sp³-hybridized carbons (Fsp3) is 0.867. The molecule has 0 radical (unpaired) electrons. The molecule has 6 aliphatic rings. The molecule has 0 aromatic heterocycles. The molecule has 6 rings (SSSR count). The topological polar surface area (TPSA) is 74.4 Å². The lowest BCUT2D eigenvalue weighted by Crippen LogP contribution is -2.74. The van der Waals surface area contributed by atoms with Crippen LogP contribution in [0.25, 0.3) is 0 Å². The first-order valence-corrected chi connectivity index (χ1v) is 15.5. The number of rotatable bonds is 7. The molecule has 3 aliphatic carbocycles. The van der Waals surface area contributed by atoms with Crippen LogP contribution in [0.1, 0.15) is 57.8 Å².